The first-order valence-corrected chi connectivity index (χ1v) is 19.4. The van der Waals surface area contributed by atoms with E-state index in [1.165, 1.54) is 121 Å². The van der Waals surface area contributed by atoms with Crippen LogP contribution in [0.4, 0.5) is 22.7 Å². The fourth-order valence-corrected chi connectivity index (χ4v) is 6.90. The normalized spacial score (nSPS) is 10.9. The van der Waals surface area contributed by atoms with Crippen LogP contribution in [0, 0.1) is 0 Å². The Morgan fingerprint density at radius 1 is 0.340 bits per heavy atom. The van der Waals surface area contributed by atoms with E-state index in [1.807, 2.05) is 0 Å². The molecular weight excluding hydrogens is 605 g/mol. The van der Waals surface area contributed by atoms with Crippen molar-refractivity contribution in [2.75, 3.05) is 22.9 Å². The molecule has 2 nitrogen and oxygen atoms in total. The van der Waals surface area contributed by atoms with E-state index in [0.717, 1.165) is 13.1 Å². The Morgan fingerprint density at radius 3 is 1.46 bits per heavy atom. The molecule has 0 unspecified atom stereocenters. The van der Waals surface area contributed by atoms with Crippen LogP contribution in [0.1, 0.15) is 90.9 Å². The van der Waals surface area contributed by atoms with Crippen molar-refractivity contribution in [2.45, 2.75) is 90.9 Å². The molecule has 0 heterocycles. The molecule has 0 atom stereocenters. The number of hydrogen-bond acceptors (Lipinski definition) is 2. The summed E-state index contributed by atoms with van der Waals surface area (Å²) in [7, 11) is 0. The molecule has 0 aliphatic rings. The first-order valence-electron chi connectivity index (χ1n) is 19.4. The first-order chi connectivity index (χ1) is 24.8. The molecule has 2 heteroatoms. The molecule has 0 aromatic heterocycles. The number of unbranched alkanes of at least 4 members (excludes halogenated alkanes) is 10. The third-order valence-electron chi connectivity index (χ3n) is 9.71. The van der Waals surface area contributed by atoms with Crippen LogP contribution in [-0.4, -0.2) is 13.1 Å². The van der Waals surface area contributed by atoms with E-state index in [1.54, 1.807) is 0 Å². The average molecular weight is 663 g/mol. The SMILES string of the molecule is CCCCCCCCN(c1ccccc1)c1ccc2ccccc2c1.CCCCCCCCN(c1ccccc1)c1cccc2ccccc12. The summed E-state index contributed by atoms with van der Waals surface area (Å²) in [5.74, 6) is 0. The molecule has 50 heavy (non-hydrogen) atoms. The van der Waals surface area contributed by atoms with E-state index in [0.29, 0.717) is 0 Å². The fraction of sp³-hybridized carbons (Fsp3) is 0.333. The number of benzene rings is 6. The van der Waals surface area contributed by atoms with Gasteiger partial charge in [-0.05, 0) is 71.5 Å². The van der Waals surface area contributed by atoms with Gasteiger partial charge in [0.2, 0.25) is 0 Å². The molecule has 0 bridgehead atoms. The first kappa shape index (κ1) is 36.7. The van der Waals surface area contributed by atoms with Crippen LogP contribution in [0.2, 0.25) is 0 Å². The minimum absolute atomic E-state index is 1.07. The van der Waals surface area contributed by atoms with Crippen LogP contribution in [0.5, 0.6) is 0 Å². The largest absolute Gasteiger partial charge is 0.341 e. The third kappa shape index (κ3) is 11.0. The van der Waals surface area contributed by atoms with Gasteiger partial charge in [-0.25, -0.2) is 0 Å². The zero-order chi connectivity index (χ0) is 34.6. The van der Waals surface area contributed by atoms with Crippen molar-refractivity contribution < 1.29 is 0 Å². The summed E-state index contributed by atoms with van der Waals surface area (Å²) in [5, 5.41) is 5.26. The van der Waals surface area contributed by atoms with Crippen LogP contribution in [0.3, 0.4) is 0 Å². The number of para-hydroxylation sites is 2. The summed E-state index contributed by atoms with van der Waals surface area (Å²) in [6.07, 6.45) is 15.9. The highest BCUT2D eigenvalue weighted by Crippen LogP contribution is 2.33. The number of fused-ring (bicyclic) bond motifs is 2. The van der Waals surface area contributed by atoms with Gasteiger partial charge >= 0.3 is 0 Å². The Morgan fingerprint density at radius 2 is 0.820 bits per heavy atom. The molecule has 6 aromatic carbocycles. The van der Waals surface area contributed by atoms with Crippen LogP contribution in [0.25, 0.3) is 21.5 Å². The van der Waals surface area contributed by atoms with Gasteiger partial charge in [0.25, 0.3) is 0 Å². The lowest BCUT2D eigenvalue weighted by molar-refractivity contribution is 0.609. The second-order valence-corrected chi connectivity index (χ2v) is 13.5. The van der Waals surface area contributed by atoms with Gasteiger partial charge in [0.1, 0.15) is 0 Å². The van der Waals surface area contributed by atoms with Crippen LogP contribution >= 0.6 is 0 Å². The fourth-order valence-electron chi connectivity index (χ4n) is 6.90. The molecule has 0 aliphatic carbocycles. The Hall–Kier alpha value is -4.56. The second kappa shape index (κ2) is 20.8. The Labute approximate surface area is 302 Å². The minimum atomic E-state index is 1.07. The molecule has 6 rings (SSSR count). The van der Waals surface area contributed by atoms with Gasteiger partial charge in [0.05, 0.1) is 0 Å². The standard InChI is InChI=1S/2C24H29N/c1-2-3-4-5-6-12-20-25(22-16-8-7-9-17-22)24-19-13-15-21-14-10-11-18-23(21)24;1-2-3-4-5-6-12-19-25(23-15-8-7-9-16-23)24-18-17-21-13-10-11-14-22(21)20-24/h7-11,13-19H,2-6,12,20H2,1H3;7-11,13-18,20H,2-6,12,19H2,1H3. The van der Waals surface area contributed by atoms with E-state index in [2.05, 4.69) is 169 Å². The molecule has 260 valence electrons. The summed E-state index contributed by atoms with van der Waals surface area (Å²) >= 11 is 0. The van der Waals surface area contributed by atoms with Gasteiger partial charge in [0.15, 0.2) is 0 Å². The zero-order valence-electron chi connectivity index (χ0n) is 30.7. The highest BCUT2D eigenvalue weighted by molar-refractivity contribution is 5.96. The van der Waals surface area contributed by atoms with E-state index >= 15 is 0 Å². The van der Waals surface area contributed by atoms with Crippen LogP contribution in [0.15, 0.2) is 146 Å². The van der Waals surface area contributed by atoms with Gasteiger partial charge < -0.3 is 9.80 Å². The molecule has 0 amide bonds. The maximum atomic E-state index is 2.49. The Bertz CT molecular complexity index is 1780. The second-order valence-electron chi connectivity index (χ2n) is 13.5. The highest BCUT2D eigenvalue weighted by Gasteiger charge is 2.12. The number of anilines is 4. The highest BCUT2D eigenvalue weighted by atomic mass is 15.1. The van der Waals surface area contributed by atoms with Crippen molar-refractivity contribution in [3.05, 3.63) is 146 Å². The van der Waals surface area contributed by atoms with Gasteiger partial charge in [-0.3, -0.25) is 0 Å². The lowest BCUT2D eigenvalue weighted by atomic mass is 10.1. The summed E-state index contributed by atoms with van der Waals surface area (Å²) < 4.78 is 0. The number of nitrogens with zero attached hydrogens (tertiary/aromatic N) is 2. The molecular formula is C48H58N2. The predicted octanol–water partition coefficient (Wildman–Crippen LogP) is 14.7. The molecule has 0 fully saturated rings. The summed E-state index contributed by atoms with van der Waals surface area (Å²) in [6.45, 7) is 6.70. The molecule has 0 aliphatic heterocycles. The monoisotopic (exact) mass is 662 g/mol. The molecule has 0 N–H and O–H groups in total. The van der Waals surface area contributed by atoms with E-state index in [4.69, 9.17) is 0 Å². The van der Waals surface area contributed by atoms with Crippen molar-refractivity contribution in [1.82, 2.24) is 0 Å². The number of rotatable bonds is 18. The van der Waals surface area contributed by atoms with Crippen molar-refractivity contribution >= 4 is 44.3 Å². The molecule has 0 radical (unpaired) electrons. The van der Waals surface area contributed by atoms with Crippen LogP contribution in [-0.2, 0) is 0 Å². The lowest BCUT2D eigenvalue weighted by Crippen LogP contribution is -2.18. The van der Waals surface area contributed by atoms with E-state index < -0.39 is 0 Å². The molecule has 6 aromatic rings. The van der Waals surface area contributed by atoms with Crippen molar-refractivity contribution in [3.63, 3.8) is 0 Å². The predicted molar refractivity (Wildman–Crippen MR) is 222 cm³/mol. The summed E-state index contributed by atoms with van der Waals surface area (Å²) in [6, 6.07) is 52.3. The van der Waals surface area contributed by atoms with Crippen LogP contribution < -0.4 is 9.80 Å². The van der Waals surface area contributed by atoms with Gasteiger partial charge in [-0.15, -0.1) is 0 Å². The Balaban J connectivity index is 0.000000194. The minimum Gasteiger partial charge on any atom is -0.341 e. The number of hydrogen-bond donors (Lipinski definition) is 0. The molecule has 0 spiro atoms. The average Bonchev–Trinajstić information content (AvgIpc) is 3.18. The molecule has 0 saturated heterocycles. The van der Waals surface area contributed by atoms with Crippen molar-refractivity contribution in [2.24, 2.45) is 0 Å². The maximum Gasteiger partial charge on any atom is 0.0490 e. The lowest BCUT2D eigenvalue weighted by Gasteiger charge is -2.26. The van der Waals surface area contributed by atoms with Gasteiger partial charge in [-0.1, -0.05) is 181 Å². The topological polar surface area (TPSA) is 6.48 Å². The van der Waals surface area contributed by atoms with E-state index in [9.17, 15) is 0 Å². The zero-order valence-corrected chi connectivity index (χ0v) is 30.7. The van der Waals surface area contributed by atoms with Gasteiger partial charge in [0, 0.05) is 41.2 Å². The summed E-state index contributed by atoms with van der Waals surface area (Å²) in [4.78, 5) is 4.95. The molecule has 0 saturated carbocycles. The Kier molecular flexibility index (Phi) is 15.3. The van der Waals surface area contributed by atoms with E-state index in [-0.39, 0.29) is 0 Å². The smallest absolute Gasteiger partial charge is 0.0490 e. The van der Waals surface area contributed by atoms with Gasteiger partial charge in [-0.2, -0.15) is 0 Å². The van der Waals surface area contributed by atoms with Crippen molar-refractivity contribution in [1.29, 1.82) is 0 Å². The maximum absolute atomic E-state index is 2.49. The summed E-state index contributed by atoms with van der Waals surface area (Å²) in [5.41, 5.74) is 5.18. The quantitative estimate of drug-likeness (QED) is 0.0845. The van der Waals surface area contributed by atoms with Crippen molar-refractivity contribution in [3.8, 4) is 0 Å². The third-order valence-corrected chi connectivity index (χ3v) is 9.71.